The summed E-state index contributed by atoms with van der Waals surface area (Å²) in [5.74, 6) is 0.567. The molecule has 0 heterocycles. The normalized spacial score (nSPS) is 24.8. The van der Waals surface area contributed by atoms with Gasteiger partial charge in [0, 0.05) is 19.1 Å². The van der Waals surface area contributed by atoms with Gasteiger partial charge in [-0.25, -0.2) is 0 Å². The molecule has 5 nitrogen and oxygen atoms in total. The van der Waals surface area contributed by atoms with Crippen LogP contribution in [0.15, 0.2) is 4.99 Å². The van der Waals surface area contributed by atoms with E-state index in [2.05, 4.69) is 27.6 Å². The van der Waals surface area contributed by atoms with E-state index in [4.69, 9.17) is 5.73 Å². The number of guanidine groups is 1. The lowest BCUT2D eigenvalue weighted by molar-refractivity contribution is 0.238. The van der Waals surface area contributed by atoms with E-state index in [0.29, 0.717) is 18.0 Å². The molecule has 0 unspecified atom stereocenters. The Morgan fingerprint density at radius 1 is 1.39 bits per heavy atom. The third-order valence-corrected chi connectivity index (χ3v) is 3.81. The summed E-state index contributed by atoms with van der Waals surface area (Å²) in [6, 6.07) is 1.19. The van der Waals surface area contributed by atoms with E-state index < -0.39 is 0 Å². The molecule has 1 aliphatic carbocycles. The summed E-state index contributed by atoms with van der Waals surface area (Å²) >= 11 is 0. The van der Waals surface area contributed by atoms with Gasteiger partial charge in [-0.3, -0.25) is 4.99 Å². The second-order valence-corrected chi connectivity index (χ2v) is 5.21. The number of nitrogens with two attached hydrogens (primary N) is 1. The number of rotatable bonds is 7. The minimum Gasteiger partial charge on any atom is -0.370 e. The maximum absolute atomic E-state index is 5.71. The summed E-state index contributed by atoms with van der Waals surface area (Å²) in [7, 11) is 5.98. The highest BCUT2D eigenvalue weighted by molar-refractivity contribution is 5.77. The fourth-order valence-electron chi connectivity index (χ4n) is 2.61. The molecule has 0 saturated heterocycles. The first-order valence-corrected chi connectivity index (χ1v) is 7.01. The monoisotopic (exact) mass is 255 g/mol. The summed E-state index contributed by atoms with van der Waals surface area (Å²) in [4.78, 5) is 6.45. The highest BCUT2D eigenvalue weighted by Gasteiger charge is 2.27. The average molecular weight is 255 g/mol. The van der Waals surface area contributed by atoms with E-state index in [1.807, 2.05) is 7.05 Å². The second-order valence-electron chi connectivity index (χ2n) is 5.21. The number of nitrogens with zero attached hydrogens (tertiary/aromatic N) is 2. The highest BCUT2D eigenvalue weighted by Crippen LogP contribution is 2.23. The molecule has 2 atom stereocenters. The number of nitrogens with one attached hydrogen (secondary N) is 2. The minimum absolute atomic E-state index is 0.499. The van der Waals surface area contributed by atoms with Crippen molar-refractivity contribution < 1.29 is 0 Å². The molecule has 18 heavy (non-hydrogen) atoms. The molecule has 5 heteroatoms. The van der Waals surface area contributed by atoms with Crippen LogP contribution in [0, 0.1) is 0 Å². The lowest BCUT2D eigenvalue weighted by atomic mass is 10.2. The zero-order valence-electron chi connectivity index (χ0n) is 12.1. The summed E-state index contributed by atoms with van der Waals surface area (Å²) in [6.45, 7) is 2.31. The van der Waals surface area contributed by atoms with Gasteiger partial charge in [0.15, 0.2) is 5.96 Å². The maximum atomic E-state index is 5.71. The minimum atomic E-state index is 0.499. The molecular weight excluding hydrogens is 226 g/mol. The van der Waals surface area contributed by atoms with E-state index in [1.165, 1.54) is 38.6 Å². The summed E-state index contributed by atoms with van der Waals surface area (Å²) in [5.41, 5.74) is 5.71. The van der Waals surface area contributed by atoms with Crippen molar-refractivity contribution in [2.24, 2.45) is 10.7 Å². The molecule has 0 aromatic carbocycles. The zero-order chi connectivity index (χ0) is 13.4. The van der Waals surface area contributed by atoms with E-state index in [9.17, 15) is 0 Å². The lowest BCUT2D eigenvalue weighted by Gasteiger charge is -2.24. The van der Waals surface area contributed by atoms with Gasteiger partial charge in [0.25, 0.3) is 0 Å². The van der Waals surface area contributed by atoms with Crippen LogP contribution in [0.3, 0.4) is 0 Å². The van der Waals surface area contributed by atoms with Crippen molar-refractivity contribution >= 4 is 5.96 Å². The standard InChI is InChI=1S/C13H29N5/c1-15-8-4-5-9-18(3)12-7-6-11(10-12)17-13(14)16-2/h11-12,15H,4-10H2,1-3H3,(H3,14,16,17)/t11-,12-/m0/s1. The van der Waals surface area contributed by atoms with Gasteiger partial charge in [-0.15, -0.1) is 0 Å². The van der Waals surface area contributed by atoms with Gasteiger partial charge in [0.1, 0.15) is 0 Å². The molecular formula is C13H29N5. The predicted octanol–water partition coefficient (Wildman–Crippen LogP) is 0.373. The van der Waals surface area contributed by atoms with E-state index in [-0.39, 0.29) is 0 Å². The van der Waals surface area contributed by atoms with Gasteiger partial charge in [0.2, 0.25) is 0 Å². The zero-order valence-corrected chi connectivity index (χ0v) is 12.1. The van der Waals surface area contributed by atoms with Crippen molar-refractivity contribution in [1.82, 2.24) is 15.5 Å². The third kappa shape index (κ3) is 5.23. The number of hydrogen-bond donors (Lipinski definition) is 3. The molecule has 0 amide bonds. The van der Waals surface area contributed by atoms with Crippen molar-refractivity contribution in [3.05, 3.63) is 0 Å². The van der Waals surface area contributed by atoms with Crippen LogP contribution >= 0.6 is 0 Å². The first kappa shape index (κ1) is 15.2. The smallest absolute Gasteiger partial charge is 0.188 e. The summed E-state index contributed by atoms with van der Waals surface area (Å²) < 4.78 is 0. The van der Waals surface area contributed by atoms with E-state index >= 15 is 0 Å². The first-order valence-electron chi connectivity index (χ1n) is 7.01. The molecule has 4 N–H and O–H groups in total. The Morgan fingerprint density at radius 2 is 2.17 bits per heavy atom. The Morgan fingerprint density at radius 3 is 2.83 bits per heavy atom. The lowest BCUT2D eigenvalue weighted by Crippen LogP contribution is -2.40. The molecule has 0 aliphatic heterocycles. The van der Waals surface area contributed by atoms with Crippen LogP contribution in [0.2, 0.25) is 0 Å². The van der Waals surface area contributed by atoms with Crippen LogP contribution in [0.5, 0.6) is 0 Å². The fraction of sp³-hybridized carbons (Fsp3) is 0.923. The molecule has 0 bridgehead atoms. The Balaban J connectivity index is 2.19. The van der Waals surface area contributed by atoms with Crippen LogP contribution in [0.4, 0.5) is 0 Å². The van der Waals surface area contributed by atoms with Crippen molar-refractivity contribution in [2.45, 2.75) is 44.2 Å². The second kappa shape index (κ2) is 8.32. The number of unbranched alkanes of at least 4 members (excludes halogenated alkanes) is 1. The molecule has 1 saturated carbocycles. The van der Waals surface area contributed by atoms with Crippen molar-refractivity contribution in [3.8, 4) is 0 Å². The van der Waals surface area contributed by atoms with Gasteiger partial charge in [-0.05, 0) is 59.3 Å². The van der Waals surface area contributed by atoms with Gasteiger partial charge >= 0.3 is 0 Å². The Hall–Kier alpha value is -0.810. The Kier molecular flexibility index (Phi) is 7.05. The van der Waals surface area contributed by atoms with Crippen molar-refractivity contribution in [2.75, 3.05) is 34.2 Å². The molecule has 0 aromatic heterocycles. The van der Waals surface area contributed by atoms with Crippen molar-refractivity contribution in [3.63, 3.8) is 0 Å². The molecule has 0 aromatic rings. The highest BCUT2D eigenvalue weighted by atomic mass is 15.2. The number of hydrogen-bond acceptors (Lipinski definition) is 3. The first-order chi connectivity index (χ1) is 8.67. The van der Waals surface area contributed by atoms with Gasteiger partial charge < -0.3 is 21.3 Å². The fourth-order valence-corrected chi connectivity index (χ4v) is 2.61. The van der Waals surface area contributed by atoms with Crippen LogP contribution in [-0.2, 0) is 0 Å². The molecule has 1 aliphatic rings. The topological polar surface area (TPSA) is 65.7 Å². The third-order valence-electron chi connectivity index (χ3n) is 3.81. The SMILES string of the molecule is CN=C(N)N[C@H]1CC[C@H](N(C)CCCCNC)C1. The van der Waals surface area contributed by atoms with E-state index in [0.717, 1.165) is 6.54 Å². The van der Waals surface area contributed by atoms with Crippen LogP contribution in [0.1, 0.15) is 32.1 Å². The summed E-state index contributed by atoms with van der Waals surface area (Å²) in [5, 5.41) is 6.47. The largest absolute Gasteiger partial charge is 0.370 e. The Labute approximate surface area is 111 Å². The average Bonchev–Trinajstić information content (AvgIpc) is 2.82. The van der Waals surface area contributed by atoms with Crippen LogP contribution < -0.4 is 16.4 Å². The molecule has 106 valence electrons. The number of aliphatic imine (C=N–C) groups is 1. The molecule has 0 spiro atoms. The van der Waals surface area contributed by atoms with Gasteiger partial charge in [0.05, 0.1) is 0 Å². The summed E-state index contributed by atoms with van der Waals surface area (Å²) in [6.07, 6.45) is 6.16. The molecule has 1 rings (SSSR count). The van der Waals surface area contributed by atoms with Gasteiger partial charge in [-0.1, -0.05) is 0 Å². The van der Waals surface area contributed by atoms with Crippen LogP contribution in [-0.4, -0.2) is 57.2 Å². The maximum Gasteiger partial charge on any atom is 0.188 e. The molecule has 0 radical (unpaired) electrons. The predicted molar refractivity (Wildman–Crippen MR) is 77.9 cm³/mol. The van der Waals surface area contributed by atoms with E-state index in [1.54, 1.807) is 7.05 Å². The van der Waals surface area contributed by atoms with Crippen molar-refractivity contribution in [1.29, 1.82) is 0 Å². The molecule has 1 fully saturated rings. The van der Waals surface area contributed by atoms with Crippen LogP contribution in [0.25, 0.3) is 0 Å². The van der Waals surface area contributed by atoms with Gasteiger partial charge in [-0.2, -0.15) is 0 Å². The quantitative estimate of drug-likeness (QED) is 0.349. The Bertz CT molecular complexity index is 254.